The maximum atomic E-state index is 5.18. The molecule has 0 spiro atoms. The van der Waals surface area contributed by atoms with Crippen LogP contribution in [-0.4, -0.2) is 29.8 Å². The lowest BCUT2D eigenvalue weighted by Gasteiger charge is -2.05. The van der Waals surface area contributed by atoms with Crippen LogP contribution < -0.4 is 0 Å². The van der Waals surface area contributed by atoms with Crippen molar-refractivity contribution in [1.82, 2.24) is 0 Å². The van der Waals surface area contributed by atoms with Crippen LogP contribution in [0.2, 0.25) is 0 Å². The molecule has 0 N–H and O–H groups in total. The summed E-state index contributed by atoms with van der Waals surface area (Å²) in [5, 5.41) is 0. The van der Waals surface area contributed by atoms with E-state index in [0.29, 0.717) is 6.10 Å². The summed E-state index contributed by atoms with van der Waals surface area (Å²) < 4.78 is 10.1. The van der Waals surface area contributed by atoms with Gasteiger partial charge in [-0.2, -0.15) is 0 Å². The Hall–Kier alpha value is 0.137. The smallest absolute Gasteiger partial charge is 0.146 e. The minimum atomic E-state index is 0.340. The lowest BCUT2D eigenvalue weighted by atomic mass is 10.5. The molecule has 0 aromatic carbocycles. The second-order valence-corrected chi connectivity index (χ2v) is 2.49. The van der Waals surface area contributed by atoms with Gasteiger partial charge in [0.15, 0.2) is 0 Å². The monoisotopic (exact) mass is 134 g/mol. The second kappa shape index (κ2) is 5.28. The van der Waals surface area contributed by atoms with E-state index in [0.717, 1.165) is 23.7 Å². The number of rotatable bonds is 4. The van der Waals surface area contributed by atoms with Gasteiger partial charge in [-0.25, -0.2) is 0 Å². The molecule has 0 aliphatic rings. The maximum absolute atomic E-state index is 5.18. The molecule has 0 saturated carbocycles. The predicted octanol–water partition coefficient (Wildman–Crippen LogP) is -0.292. The van der Waals surface area contributed by atoms with Crippen LogP contribution in [0.15, 0.2) is 0 Å². The average molecular weight is 134 g/mol. The summed E-state index contributed by atoms with van der Waals surface area (Å²) in [6.07, 6.45) is 0.340. The summed E-state index contributed by atoms with van der Waals surface area (Å²) in [5.41, 5.74) is 0. The fourth-order valence-corrected chi connectivity index (χ4v) is 0.534. The van der Waals surface area contributed by atoms with Gasteiger partial charge in [0.2, 0.25) is 0 Å². The van der Waals surface area contributed by atoms with E-state index in [1.54, 1.807) is 0 Å². The molecule has 3 heteroatoms. The molecule has 8 heavy (non-hydrogen) atoms. The van der Waals surface area contributed by atoms with Crippen molar-refractivity contribution in [2.45, 2.75) is 20.0 Å². The highest BCUT2D eigenvalue weighted by Crippen LogP contribution is 1.85. The zero-order chi connectivity index (χ0) is 6.41. The molecule has 0 aromatic rings. The van der Waals surface area contributed by atoms with E-state index in [2.05, 4.69) is 0 Å². The molecule has 0 aliphatic carbocycles. The predicted molar refractivity (Wildman–Crippen MR) is 37.0 cm³/mol. The standard InChI is InChI=1S/C5H14O2Si/c1-5(2)6-3-4-7-8/h5H,3-4H2,1-2,8H3. The van der Waals surface area contributed by atoms with Crippen molar-refractivity contribution >= 4 is 10.5 Å². The molecule has 0 rings (SSSR count). The van der Waals surface area contributed by atoms with E-state index in [1.165, 1.54) is 0 Å². The van der Waals surface area contributed by atoms with Crippen LogP contribution in [0.5, 0.6) is 0 Å². The zero-order valence-electron chi connectivity index (χ0n) is 5.81. The molecule has 0 aromatic heterocycles. The van der Waals surface area contributed by atoms with Gasteiger partial charge < -0.3 is 9.16 Å². The molecule has 0 bridgehead atoms. The molecule has 0 radical (unpaired) electrons. The molecule has 0 aliphatic heterocycles. The van der Waals surface area contributed by atoms with Crippen molar-refractivity contribution in [3.63, 3.8) is 0 Å². The summed E-state index contributed by atoms with van der Waals surface area (Å²) in [6.45, 7) is 5.53. The SMILES string of the molecule is CC(C)OCCO[SiH3]. The third kappa shape index (κ3) is 6.14. The van der Waals surface area contributed by atoms with Crippen molar-refractivity contribution in [3.05, 3.63) is 0 Å². The highest BCUT2D eigenvalue weighted by atomic mass is 28.2. The summed E-state index contributed by atoms with van der Waals surface area (Å²) in [7, 11) is 0.819. The van der Waals surface area contributed by atoms with Crippen molar-refractivity contribution in [3.8, 4) is 0 Å². The van der Waals surface area contributed by atoms with Gasteiger partial charge in [0.05, 0.1) is 19.3 Å². The largest absolute Gasteiger partial charge is 0.426 e. The molecular formula is C5H14O2Si. The fraction of sp³-hybridized carbons (Fsp3) is 1.00. The van der Waals surface area contributed by atoms with Gasteiger partial charge in [-0.05, 0) is 13.8 Å². The van der Waals surface area contributed by atoms with Crippen LogP contribution in [0.3, 0.4) is 0 Å². The highest BCUT2D eigenvalue weighted by molar-refractivity contribution is 5.97. The van der Waals surface area contributed by atoms with Crippen LogP contribution in [0.1, 0.15) is 13.8 Å². The average Bonchev–Trinajstić information content (AvgIpc) is 1.66. The summed E-state index contributed by atoms with van der Waals surface area (Å²) in [5.74, 6) is 0. The first-order chi connectivity index (χ1) is 3.77. The Morgan fingerprint density at radius 2 is 2.00 bits per heavy atom. The van der Waals surface area contributed by atoms with E-state index in [9.17, 15) is 0 Å². The van der Waals surface area contributed by atoms with E-state index in [1.807, 2.05) is 13.8 Å². The summed E-state index contributed by atoms with van der Waals surface area (Å²) >= 11 is 0. The van der Waals surface area contributed by atoms with Crippen molar-refractivity contribution in [2.24, 2.45) is 0 Å². The lowest BCUT2D eigenvalue weighted by Crippen LogP contribution is -2.08. The van der Waals surface area contributed by atoms with Crippen molar-refractivity contribution < 1.29 is 9.16 Å². The molecule has 2 nitrogen and oxygen atoms in total. The molecule has 0 unspecified atom stereocenters. The van der Waals surface area contributed by atoms with Gasteiger partial charge >= 0.3 is 0 Å². The number of hydrogen-bond donors (Lipinski definition) is 0. The summed E-state index contributed by atoms with van der Waals surface area (Å²) in [6, 6.07) is 0. The normalized spacial score (nSPS) is 10.9. The zero-order valence-corrected chi connectivity index (χ0v) is 7.81. The topological polar surface area (TPSA) is 18.5 Å². The molecular weight excluding hydrogens is 120 g/mol. The molecule has 0 amide bonds. The minimum Gasteiger partial charge on any atom is -0.426 e. The van der Waals surface area contributed by atoms with Gasteiger partial charge in [-0.1, -0.05) is 0 Å². The van der Waals surface area contributed by atoms with Crippen molar-refractivity contribution in [2.75, 3.05) is 13.2 Å². The Morgan fingerprint density at radius 3 is 2.38 bits per heavy atom. The minimum absolute atomic E-state index is 0.340. The number of hydrogen-bond acceptors (Lipinski definition) is 2. The molecule has 50 valence electrons. The Kier molecular flexibility index (Phi) is 5.37. The Bertz CT molecular complexity index is 47.7. The van der Waals surface area contributed by atoms with Crippen LogP contribution in [-0.2, 0) is 9.16 Å². The van der Waals surface area contributed by atoms with Crippen LogP contribution >= 0.6 is 0 Å². The first kappa shape index (κ1) is 8.14. The van der Waals surface area contributed by atoms with Gasteiger partial charge in [-0.3, -0.25) is 0 Å². The van der Waals surface area contributed by atoms with E-state index in [-0.39, 0.29) is 0 Å². The summed E-state index contributed by atoms with van der Waals surface area (Å²) in [4.78, 5) is 0. The first-order valence-corrected chi connectivity index (χ1v) is 3.69. The van der Waals surface area contributed by atoms with Gasteiger partial charge in [0, 0.05) is 0 Å². The maximum Gasteiger partial charge on any atom is 0.146 e. The highest BCUT2D eigenvalue weighted by Gasteiger charge is 1.89. The number of ether oxygens (including phenoxy) is 1. The van der Waals surface area contributed by atoms with E-state index in [4.69, 9.17) is 9.16 Å². The molecule has 0 saturated heterocycles. The van der Waals surface area contributed by atoms with E-state index >= 15 is 0 Å². The van der Waals surface area contributed by atoms with Crippen LogP contribution in [0, 0.1) is 0 Å². The van der Waals surface area contributed by atoms with Gasteiger partial charge in [-0.15, -0.1) is 0 Å². The van der Waals surface area contributed by atoms with Crippen LogP contribution in [0.25, 0.3) is 0 Å². The third-order valence-electron chi connectivity index (χ3n) is 0.739. The molecule has 0 atom stereocenters. The third-order valence-corrected chi connectivity index (χ3v) is 1.15. The van der Waals surface area contributed by atoms with E-state index < -0.39 is 0 Å². The Labute approximate surface area is 53.7 Å². The quantitative estimate of drug-likeness (QED) is 0.388. The van der Waals surface area contributed by atoms with Crippen LogP contribution in [0.4, 0.5) is 0 Å². The second-order valence-electron chi connectivity index (χ2n) is 1.91. The van der Waals surface area contributed by atoms with Gasteiger partial charge in [0.25, 0.3) is 0 Å². The molecule has 0 fully saturated rings. The fourth-order valence-electron chi connectivity index (χ4n) is 0.367. The van der Waals surface area contributed by atoms with Crippen molar-refractivity contribution in [1.29, 1.82) is 0 Å². The van der Waals surface area contributed by atoms with Gasteiger partial charge in [0.1, 0.15) is 10.5 Å². The Balaban J connectivity index is 2.72. The lowest BCUT2D eigenvalue weighted by molar-refractivity contribution is 0.0572. The first-order valence-electron chi connectivity index (χ1n) is 2.88. The Morgan fingerprint density at radius 1 is 1.38 bits per heavy atom. The molecule has 0 heterocycles.